The van der Waals surface area contributed by atoms with Crippen molar-refractivity contribution >= 4 is 32.7 Å². The summed E-state index contributed by atoms with van der Waals surface area (Å²) in [5, 5.41) is 5.17. The van der Waals surface area contributed by atoms with Gasteiger partial charge >= 0.3 is 0 Å². The summed E-state index contributed by atoms with van der Waals surface area (Å²) in [5.41, 5.74) is 2.37. The molecular formula is C16H15BrN2O2. The van der Waals surface area contributed by atoms with Crippen molar-refractivity contribution in [2.24, 2.45) is 0 Å². The smallest absolute Gasteiger partial charge is 0.247 e. The number of aromatic nitrogens is 2. The second-order valence-electron chi connectivity index (χ2n) is 5.36. The second-order valence-corrected chi connectivity index (χ2v) is 6.21. The molecule has 0 atom stereocenters. The van der Waals surface area contributed by atoms with Gasteiger partial charge in [0.15, 0.2) is 5.76 Å². The molecule has 3 rings (SSSR count). The van der Waals surface area contributed by atoms with Crippen molar-refractivity contribution in [3.8, 4) is 0 Å². The minimum absolute atomic E-state index is 0.0990. The highest BCUT2D eigenvalue weighted by atomic mass is 79.9. The van der Waals surface area contributed by atoms with E-state index in [9.17, 15) is 4.79 Å². The fourth-order valence-electron chi connectivity index (χ4n) is 2.34. The summed E-state index contributed by atoms with van der Waals surface area (Å²) in [6.07, 6.45) is 1.64. The maximum atomic E-state index is 12.7. The molecule has 2 aromatic heterocycles. The largest absolute Gasteiger partial charge is 0.453 e. The molecule has 0 aliphatic heterocycles. The molecule has 0 aliphatic carbocycles. The number of benzene rings is 1. The number of hydrogen-bond acceptors (Lipinski definition) is 3. The fourth-order valence-corrected chi connectivity index (χ4v) is 2.79. The van der Waals surface area contributed by atoms with Gasteiger partial charge in [-0.15, -0.1) is 0 Å². The Morgan fingerprint density at radius 2 is 2.10 bits per heavy atom. The van der Waals surface area contributed by atoms with Crippen molar-refractivity contribution in [1.82, 2.24) is 9.78 Å². The first kappa shape index (κ1) is 14.1. The molecule has 0 amide bonds. The molecule has 0 saturated carbocycles. The van der Waals surface area contributed by atoms with Gasteiger partial charge in [0.1, 0.15) is 11.3 Å². The van der Waals surface area contributed by atoms with Crippen LogP contribution < -0.4 is 0 Å². The van der Waals surface area contributed by atoms with E-state index in [2.05, 4.69) is 21.0 Å². The van der Waals surface area contributed by atoms with Crippen LogP contribution >= 0.6 is 15.9 Å². The molecule has 21 heavy (non-hydrogen) atoms. The molecule has 3 aromatic rings. The van der Waals surface area contributed by atoms with E-state index in [1.54, 1.807) is 16.9 Å². The first-order chi connectivity index (χ1) is 9.97. The van der Waals surface area contributed by atoms with Gasteiger partial charge in [-0.3, -0.25) is 9.48 Å². The predicted molar refractivity (Wildman–Crippen MR) is 84.7 cm³/mol. The third-order valence-corrected chi connectivity index (χ3v) is 3.93. The van der Waals surface area contributed by atoms with Gasteiger partial charge in [-0.1, -0.05) is 11.6 Å². The lowest BCUT2D eigenvalue weighted by Crippen LogP contribution is -2.13. The summed E-state index contributed by atoms with van der Waals surface area (Å²) in [6.45, 7) is 5.98. The highest BCUT2D eigenvalue weighted by Gasteiger charge is 2.23. The maximum Gasteiger partial charge on any atom is 0.247 e. The fraction of sp³-hybridized carbons (Fsp3) is 0.250. The zero-order valence-electron chi connectivity index (χ0n) is 12.1. The van der Waals surface area contributed by atoms with Crippen LogP contribution in [0.3, 0.4) is 0 Å². The molecule has 0 bridgehead atoms. The summed E-state index contributed by atoms with van der Waals surface area (Å²) >= 11 is 3.39. The Balaban J connectivity index is 2.10. The molecule has 0 radical (unpaired) electrons. The summed E-state index contributed by atoms with van der Waals surface area (Å²) < 4.78 is 8.06. The molecule has 0 N–H and O–H groups in total. The van der Waals surface area contributed by atoms with Crippen molar-refractivity contribution in [3.05, 3.63) is 52.0 Å². The van der Waals surface area contributed by atoms with E-state index in [0.29, 0.717) is 15.9 Å². The third kappa shape index (κ3) is 2.42. The van der Waals surface area contributed by atoms with E-state index in [0.717, 1.165) is 16.5 Å². The molecule has 5 heteroatoms. The molecule has 1 aromatic carbocycles. The predicted octanol–water partition coefficient (Wildman–Crippen LogP) is 4.51. The SMILES string of the molecule is Cc1ccc2oc(C(=O)c3c(Br)cnn3C(C)C)cc2c1. The van der Waals surface area contributed by atoms with Gasteiger partial charge in [0.05, 0.1) is 10.7 Å². The average Bonchev–Trinajstić information content (AvgIpc) is 3.00. The summed E-state index contributed by atoms with van der Waals surface area (Å²) in [7, 11) is 0. The monoisotopic (exact) mass is 346 g/mol. The van der Waals surface area contributed by atoms with Gasteiger partial charge in [-0.05, 0) is 54.9 Å². The first-order valence-corrected chi connectivity index (χ1v) is 7.54. The molecule has 108 valence electrons. The number of furan rings is 1. The Bertz CT molecular complexity index is 830. The molecule has 2 heterocycles. The highest BCUT2D eigenvalue weighted by Crippen LogP contribution is 2.26. The van der Waals surface area contributed by atoms with Crippen LogP contribution in [0, 0.1) is 6.92 Å². The van der Waals surface area contributed by atoms with E-state index in [1.165, 1.54) is 0 Å². The van der Waals surface area contributed by atoms with Crippen molar-refractivity contribution in [3.63, 3.8) is 0 Å². The Morgan fingerprint density at radius 1 is 1.33 bits per heavy atom. The quantitative estimate of drug-likeness (QED) is 0.655. The van der Waals surface area contributed by atoms with Crippen LogP contribution in [0.15, 0.2) is 39.4 Å². The van der Waals surface area contributed by atoms with Gasteiger partial charge in [0, 0.05) is 11.4 Å². The lowest BCUT2D eigenvalue weighted by Gasteiger charge is -2.09. The topological polar surface area (TPSA) is 48.0 Å². The standard InChI is InChI=1S/C16H15BrN2O2/c1-9(2)19-15(12(17)8-18-19)16(20)14-7-11-6-10(3)4-5-13(11)21-14/h4-9H,1-3H3. The van der Waals surface area contributed by atoms with Crippen LogP contribution in [0.4, 0.5) is 0 Å². The number of aryl methyl sites for hydroxylation is 1. The van der Waals surface area contributed by atoms with Gasteiger partial charge in [-0.25, -0.2) is 0 Å². The number of fused-ring (bicyclic) bond motifs is 1. The zero-order valence-corrected chi connectivity index (χ0v) is 13.6. The number of halogens is 1. The summed E-state index contributed by atoms with van der Waals surface area (Å²) in [4.78, 5) is 12.7. The second kappa shape index (κ2) is 5.15. The highest BCUT2D eigenvalue weighted by molar-refractivity contribution is 9.10. The van der Waals surface area contributed by atoms with E-state index in [4.69, 9.17) is 4.42 Å². The van der Waals surface area contributed by atoms with Crippen LogP contribution in [-0.4, -0.2) is 15.6 Å². The Morgan fingerprint density at radius 3 is 2.81 bits per heavy atom. The first-order valence-electron chi connectivity index (χ1n) is 6.75. The number of rotatable bonds is 3. The van der Waals surface area contributed by atoms with E-state index in [1.807, 2.05) is 39.0 Å². The van der Waals surface area contributed by atoms with Crippen molar-refractivity contribution in [1.29, 1.82) is 0 Å². The molecule has 0 fully saturated rings. The van der Waals surface area contributed by atoms with Crippen molar-refractivity contribution < 1.29 is 9.21 Å². The van der Waals surface area contributed by atoms with Gasteiger partial charge < -0.3 is 4.42 Å². The third-order valence-electron chi connectivity index (χ3n) is 3.35. The number of nitrogens with zero attached hydrogens (tertiary/aromatic N) is 2. The van der Waals surface area contributed by atoms with Crippen LogP contribution in [-0.2, 0) is 0 Å². The number of carbonyl (C=O) groups excluding carboxylic acids is 1. The van der Waals surface area contributed by atoms with E-state index >= 15 is 0 Å². The Kier molecular flexibility index (Phi) is 3.45. The average molecular weight is 347 g/mol. The molecule has 0 unspecified atom stereocenters. The minimum Gasteiger partial charge on any atom is -0.453 e. The normalized spacial score (nSPS) is 11.5. The van der Waals surface area contributed by atoms with E-state index < -0.39 is 0 Å². The molecular weight excluding hydrogens is 332 g/mol. The molecule has 4 nitrogen and oxygen atoms in total. The van der Waals surface area contributed by atoms with Crippen LogP contribution in [0.25, 0.3) is 11.0 Å². The summed E-state index contributed by atoms with van der Waals surface area (Å²) in [5.74, 6) is 0.167. The lowest BCUT2D eigenvalue weighted by atomic mass is 10.1. The molecule has 0 saturated heterocycles. The van der Waals surface area contributed by atoms with E-state index in [-0.39, 0.29) is 11.8 Å². The van der Waals surface area contributed by atoms with Crippen molar-refractivity contribution in [2.75, 3.05) is 0 Å². The minimum atomic E-state index is -0.165. The van der Waals surface area contributed by atoms with Crippen molar-refractivity contribution in [2.45, 2.75) is 26.8 Å². The van der Waals surface area contributed by atoms with Gasteiger partial charge in [0.25, 0.3) is 0 Å². The Labute approximate surface area is 130 Å². The zero-order chi connectivity index (χ0) is 15.1. The van der Waals surface area contributed by atoms with Gasteiger partial charge in [0.2, 0.25) is 5.78 Å². The summed E-state index contributed by atoms with van der Waals surface area (Å²) in [6, 6.07) is 7.74. The number of carbonyl (C=O) groups is 1. The number of ketones is 1. The van der Waals surface area contributed by atoms with Gasteiger partial charge in [-0.2, -0.15) is 5.10 Å². The van der Waals surface area contributed by atoms with Crippen LogP contribution in [0.5, 0.6) is 0 Å². The lowest BCUT2D eigenvalue weighted by molar-refractivity contribution is 0.0998. The van der Waals surface area contributed by atoms with Crippen LogP contribution in [0.1, 0.15) is 41.7 Å². The molecule has 0 spiro atoms. The Hall–Kier alpha value is -1.88. The molecule has 0 aliphatic rings. The van der Waals surface area contributed by atoms with Crippen LogP contribution in [0.2, 0.25) is 0 Å². The number of hydrogen-bond donors (Lipinski definition) is 0. The maximum absolute atomic E-state index is 12.7.